The van der Waals surface area contributed by atoms with Gasteiger partial charge in [-0.15, -0.1) is 12.3 Å². The number of halogens is 1. The van der Waals surface area contributed by atoms with Crippen LogP contribution in [0.5, 0.6) is 5.75 Å². The van der Waals surface area contributed by atoms with Crippen LogP contribution in [-0.4, -0.2) is 34.4 Å². The van der Waals surface area contributed by atoms with Crippen LogP contribution in [-0.2, 0) is 17.8 Å². The number of anilines is 1. The van der Waals surface area contributed by atoms with E-state index in [0.717, 1.165) is 11.3 Å². The van der Waals surface area contributed by atoms with Crippen LogP contribution in [0.2, 0.25) is 0 Å². The number of aromatic nitrogens is 2. The number of ether oxygens (including phenoxy) is 1. The van der Waals surface area contributed by atoms with Crippen molar-refractivity contribution >= 4 is 11.9 Å². The lowest BCUT2D eigenvalue weighted by atomic mass is 9.98. The molecular formula is C19H19FN4O2. The number of terminal acetylenes is 1. The molecule has 2 N–H and O–H groups in total. The van der Waals surface area contributed by atoms with Crippen molar-refractivity contribution in [3.05, 3.63) is 35.3 Å². The molecule has 7 heteroatoms. The summed E-state index contributed by atoms with van der Waals surface area (Å²) >= 11 is 0. The largest absolute Gasteiger partial charge is 0.496 e. The number of hydrogen-bond acceptors (Lipinski definition) is 5. The van der Waals surface area contributed by atoms with Gasteiger partial charge in [0.05, 0.1) is 18.5 Å². The molecule has 0 saturated heterocycles. The first-order valence-corrected chi connectivity index (χ1v) is 8.24. The van der Waals surface area contributed by atoms with Crippen molar-refractivity contribution in [3.8, 4) is 29.4 Å². The maximum absolute atomic E-state index is 13.5. The molecule has 0 atom stereocenters. The molecule has 1 aromatic carbocycles. The van der Waals surface area contributed by atoms with Gasteiger partial charge >= 0.3 is 0 Å². The van der Waals surface area contributed by atoms with Gasteiger partial charge in [-0.1, -0.05) is 0 Å². The number of carbonyl (C=O) groups excluding carboxylic acids is 1. The third-order valence-corrected chi connectivity index (χ3v) is 4.33. The van der Waals surface area contributed by atoms with Crippen LogP contribution in [0.25, 0.3) is 11.3 Å². The maximum atomic E-state index is 13.5. The van der Waals surface area contributed by atoms with Gasteiger partial charge in [-0.05, 0) is 12.1 Å². The van der Waals surface area contributed by atoms with Crippen molar-refractivity contribution in [2.45, 2.75) is 25.8 Å². The molecule has 1 aliphatic rings. The van der Waals surface area contributed by atoms with E-state index in [-0.39, 0.29) is 11.9 Å². The molecule has 3 rings (SSSR count). The molecule has 0 bridgehead atoms. The summed E-state index contributed by atoms with van der Waals surface area (Å²) < 4.78 is 18.8. The summed E-state index contributed by atoms with van der Waals surface area (Å²) in [5.74, 6) is 2.54. The van der Waals surface area contributed by atoms with Crippen molar-refractivity contribution in [1.29, 1.82) is 0 Å². The molecule has 2 aromatic rings. The van der Waals surface area contributed by atoms with Crippen molar-refractivity contribution in [1.82, 2.24) is 14.9 Å². The number of hydrogen-bond donors (Lipinski definition) is 1. The lowest BCUT2D eigenvalue weighted by Crippen LogP contribution is -2.36. The van der Waals surface area contributed by atoms with E-state index in [4.69, 9.17) is 16.9 Å². The van der Waals surface area contributed by atoms with E-state index in [2.05, 4.69) is 15.9 Å². The second kappa shape index (κ2) is 7.40. The molecule has 1 aliphatic heterocycles. The summed E-state index contributed by atoms with van der Waals surface area (Å²) in [7, 11) is 1.46. The number of rotatable bonds is 4. The predicted octanol–water partition coefficient (Wildman–Crippen LogP) is 2.17. The minimum atomic E-state index is -0.410. The first kappa shape index (κ1) is 17.7. The zero-order valence-corrected chi connectivity index (χ0v) is 14.5. The van der Waals surface area contributed by atoms with Gasteiger partial charge in [0.15, 0.2) is 0 Å². The highest BCUT2D eigenvalue weighted by molar-refractivity contribution is 5.78. The number of methoxy groups -OCH3 is 1. The zero-order valence-electron chi connectivity index (χ0n) is 14.5. The Labute approximate surface area is 151 Å². The second-order valence-corrected chi connectivity index (χ2v) is 5.97. The minimum absolute atomic E-state index is 0.0116. The summed E-state index contributed by atoms with van der Waals surface area (Å²) in [6.45, 7) is 0.904. The average molecular weight is 354 g/mol. The van der Waals surface area contributed by atoms with E-state index >= 15 is 0 Å². The molecule has 26 heavy (non-hydrogen) atoms. The summed E-state index contributed by atoms with van der Waals surface area (Å²) in [5.41, 5.74) is 8.61. The van der Waals surface area contributed by atoms with Crippen LogP contribution in [0.3, 0.4) is 0 Å². The summed E-state index contributed by atoms with van der Waals surface area (Å²) in [4.78, 5) is 22.7. The van der Waals surface area contributed by atoms with Crippen LogP contribution >= 0.6 is 0 Å². The number of nitrogen functional groups attached to an aromatic ring is 1. The SMILES string of the molecule is C#CCCC(=O)N1CCc2nc(N)nc(-c3ccc(F)cc3OC)c2C1. The van der Waals surface area contributed by atoms with Gasteiger partial charge in [-0.25, -0.2) is 14.4 Å². The Kier molecular flexibility index (Phi) is 5.03. The van der Waals surface area contributed by atoms with E-state index in [1.807, 2.05) is 0 Å². The lowest BCUT2D eigenvalue weighted by Gasteiger charge is -2.29. The van der Waals surface area contributed by atoms with Gasteiger partial charge in [-0.3, -0.25) is 4.79 Å². The molecule has 0 unspecified atom stereocenters. The number of nitrogens with two attached hydrogens (primary N) is 1. The number of carbonyl (C=O) groups is 1. The number of benzene rings is 1. The molecule has 0 radical (unpaired) electrons. The average Bonchev–Trinajstić information content (AvgIpc) is 2.65. The van der Waals surface area contributed by atoms with Crippen LogP contribution in [0.15, 0.2) is 18.2 Å². The molecular weight excluding hydrogens is 335 g/mol. The quantitative estimate of drug-likeness (QED) is 0.851. The fourth-order valence-corrected chi connectivity index (χ4v) is 3.07. The van der Waals surface area contributed by atoms with E-state index < -0.39 is 5.82 Å². The van der Waals surface area contributed by atoms with Gasteiger partial charge in [0.2, 0.25) is 11.9 Å². The normalized spacial score (nSPS) is 13.0. The van der Waals surface area contributed by atoms with E-state index in [9.17, 15) is 9.18 Å². The molecule has 0 saturated carbocycles. The molecule has 134 valence electrons. The topological polar surface area (TPSA) is 81.3 Å². The lowest BCUT2D eigenvalue weighted by molar-refractivity contribution is -0.132. The van der Waals surface area contributed by atoms with Crippen LogP contribution in [0.1, 0.15) is 24.1 Å². The molecule has 2 heterocycles. The highest BCUT2D eigenvalue weighted by Crippen LogP contribution is 2.35. The van der Waals surface area contributed by atoms with Crippen LogP contribution in [0.4, 0.5) is 10.3 Å². The highest BCUT2D eigenvalue weighted by Gasteiger charge is 2.26. The van der Waals surface area contributed by atoms with E-state index in [1.54, 1.807) is 11.0 Å². The van der Waals surface area contributed by atoms with Gasteiger partial charge < -0.3 is 15.4 Å². The Bertz CT molecular complexity index is 892. The molecule has 0 spiro atoms. The van der Waals surface area contributed by atoms with Gasteiger partial charge in [-0.2, -0.15) is 0 Å². The highest BCUT2D eigenvalue weighted by atomic mass is 19.1. The van der Waals surface area contributed by atoms with Crippen molar-refractivity contribution in [2.24, 2.45) is 0 Å². The van der Waals surface area contributed by atoms with Crippen molar-refractivity contribution in [3.63, 3.8) is 0 Å². The maximum Gasteiger partial charge on any atom is 0.223 e. The molecule has 0 aliphatic carbocycles. The van der Waals surface area contributed by atoms with Crippen LogP contribution < -0.4 is 10.5 Å². The first-order chi connectivity index (χ1) is 12.5. The summed E-state index contributed by atoms with van der Waals surface area (Å²) in [6, 6.07) is 4.22. The third-order valence-electron chi connectivity index (χ3n) is 4.33. The van der Waals surface area contributed by atoms with Crippen molar-refractivity contribution < 1.29 is 13.9 Å². The van der Waals surface area contributed by atoms with E-state index in [0.29, 0.717) is 49.4 Å². The van der Waals surface area contributed by atoms with Gasteiger partial charge in [0.25, 0.3) is 0 Å². The Morgan fingerprint density at radius 1 is 1.46 bits per heavy atom. The fraction of sp³-hybridized carbons (Fsp3) is 0.316. The standard InChI is InChI=1S/C19H19FN4O2/c1-3-4-5-17(25)24-9-8-15-14(11-24)18(23-19(21)22-15)13-7-6-12(20)10-16(13)26-2/h1,6-7,10H,4-5,8-9,11H2,2H3,(H2,21,22,23). The van der Waals surface area contributed by atoms with Crippen LogP contribution in [0, 0.1) is 18.2 Å². The Balaban J connectivity index is 2.03. The number of nitrogens with zero attached hydrogens (tertiary/aromatic N) is 3. The molecule has 1 aromatic heterocycles. The second-order valence-electron chi connectivity index (χ2n) is 5.97. The Morgan fingerprint density at radius 2 is 2.27 bits per heavy atom. The van der Waals surface area contributed by atoms with E-state index in [1.165, 1.54) is 19.2 Å². The number of fused-ring (bicyclic) bond motifs is 1. The van der Waals surface area contributed by atoms with Gasteiger partial charge in [0.1, 0.15) is 11.6 Å². The Hall–Kier alpha value is -3.14. The predicted molar refractivity (Wildman–Crippen MR) is 95.6 cm³/mol. The van der Waals surface area contributed by atoms with Gasteiger partial charge in [0, 0.05) is 49.5 Å². The third kappa shape index (κ3) is 3.45. The Morgan fingerprint density at radius 3 is 3.00 bits per heavy atom. The first-order valence-electron chi connectivity index (χ1n) is 8.24. The summed E-state index contributed by atoms with van der Waals surface area (Å²) in [6.07, 6.45) is 6.52. The number of amides is 1. The molecule has 6 nitrogen and oxygen atoms in total. The molecule has 1 amide bonds. The minimum Gasteiger partial charge on any atom is -0.496 e. The fourth-order valence-electron chi connectivity index (χ4n) is 3.07. The molecule has 0 fully saturated rings. The summed E-state index contributed by atoms with van der Waals surface area (Å²) in [5, 5.41) is 0. The smallest absolute Gasteiger partial charge is 0.223 e. The monoisotopic (exact) mass is 354 g/mol. The van der Waals surface area contributed by atoms with Crippen molar-refractivity contribution in [2.75, 3.05) is 19.4 Å². The zero-order chi connectivity index (χ0) is 18.7.